The van der Waals surface area contributed by atoms with Crippen molar-refractivity contribution >= 4 is 11.9 Å². The van der Waals surface area contributed by atoms with Crippen LogP contribution in [0.2, 0.25) is 0 Å². The van der Waals surface area contributed by atoms with Gasteiger partial charge >= 0.3 is 11.9 Å². The van der Waals surface area contributed by atoms with E-state index < -0.39 is 45.1 Å². The molecule has 0 fully saturated rings. The highest BCUT2D eigenvalue weighted by Gasteiger charge is 2.35. The van der Waals surface area contributed by atoms with Crippen molar-refractivity contribution in [2.24, 2.45) is 10.4 Å². The van der Waals surface area contributed by atoms with Crippen LogP contribution in [-0.2, 0) is 22.5 Å². The van der Waals surface area contributed by atoms with Crippen molar-refractivity contribution in [2.75, 3.05) is 19.8 Å². The first-order valence-electron chi connectivity index (χ1n) is 12.6. The molecule has 2 aromatic rings. The summed E-state index contributed by atoms with van der Waals surface area (Å²) in [6.45, 7) is 9.58. The molecule has 2 heterocycles. The van der Waals surface area contributed by atoms with Gasteiger partial charge < -0.3 is 30.3 Å². The van der Waals surface area contributed by atoms with Crippen molar-refractivity contribution in [3.05, 3.63) is 54.3 Å². The number of hydroxylamine groups is 1. The van der Waals surface area contributed by atoms with Gasteiger partial charge in [-0.3, -0.25) is 4.84 Å². The largest absolute Gasteiger partial charge is 0.434 e. The first-order chi connectivity index (χ1) is 18.8. The first kappa shape index (κ1) is 32.5. The molecule has 0 aliphatic carbocycles. The van der Waals surface area contributed by atoms with Crippen molar-refractivity contribution < 1.29 is 19.4 Å². The Labute approximate surface area is 229 Å². The molecule has 3 atom stereocenters. The summed E-state index contributed by atoms with van der Waals surface area (Å²) >= 11 is 0. The predicted molar refractivity (Wildman–Crippen MR) is 142 cm³/mol. The molecule has 0 aliphatic heterocycles. The third-order valence-corrected chi connectivity index (χ3v) is 6.41. The Morgan fingerprint density at radius 1 is 1.10 bits per heavy atom. The van der Waals surface area contributed by atoms with E-state index in [1.54, 1.807) is 34.6 Å². The van der Waals surface area contributed by atoms with Crippen molar-refractivity contribution in [1.29, 1.82) is 0 Å². The number of hydrogen-bond acceptors (Lipinski definition) is 14. The van der Waals surface area contributed by atoms with Gasteiger partial charge in [0.2, 0.25) is 0 Å². The average molecular weight is 569 g/mol. The van der Waals surface area contributed by atoms with Crippen molar-refractivity contribution in [1.82, 2.24) is 30.3 Å². The Morgan fingerprint density at radius 3 is 2.38 bits per heavy atom. The standard InChI is InChI=1S/C22H36N10O8/c1-6-39-14-18(28-34)21(2,3)25-13-16(11-15-12-24-19(26-15)31(35)36)40-29-22(4,5)17(27-33)7-9-30-10-8-23-20(30)32(37)38/h8,10,12,16-18,25,29H,6-7,9,11,13-14H2,1-5H3,(H,24,26). The molecule has 40 heavy (non-hydrogen) atoms. The number of nitro groups is 2. The summed E-state index contributed by atoms with van der Waals surface area (Å²) in [6, 6.07) is -1.57. The number of nitroso groups, excluding NO2 is 2. The number of rotatable bonds is 20. The van der Waals surface area contributed by atoms with Gasteiger partial charge in [-0.2, -0.15) is 15.3 Å². The van der Waals surface area contributed by atoms with E-state index in [0.717, 1.165) is 0 Å². The van der Waals surface area contributed by atoms with E-state index in [4.69, 9.17) is 9.57 Å². The van der Waals surface area contributed by atoms with Crippen LogP contribution < -0.4 is 10.8 Å². The van der Waals surface area contributed by atoms with Crippen LogP contribution in [0.4, 0.5) is 11.9 Å². The molecule has 18 heteroatoms. The van der Waals surface area contributed by atoms with Crippen LogP contribution in [0.1, 0.15) is 46.7 Å². The molecule has 18 nitrogen and oxygen atoms in total. The first-order valence-corrected chi connectivity index (χ1v) is 12.6. The molecule has 0 saturated carbocycles. The summed E-state index contributed by atoms with van der Waals surface area (Å²) in [4.78, 5) is 60.1. The van der Waals surface area contributed by atoms with Crippen LogP contribution >= 0.6 is 0 Å². The number of ether oxygens (including phenoxy) is 1. The van der Waals surface area contributed by atoms with Crippen molar-refractivity contribution in [2.45, 2.75) is 83.3 Å². The van der Waals surface area contributed by atoms with Gasteiger partial charge in [-0.15, -0.1) is 0 Å². The quantitative estimate of drug-likeness (QED) is 0.119. The summed E-state index contributed by atoms with van der Waals surface area (Å²) in [6.07, 6.45) is 3.70. The third-order valence-electron chi connectivity index (χ3n) is 6.41. The van der Waals surface area contributed by atoms with Gasteiger partial charge in [-0.05, 0) is 44.5 Å². The van der Waals surface area contributed by atoms with Gasteiger partial charge in [-0.1, -0.05) is 20.3 Å². The Bertz CT molecular complexity index is 1130. The van der Waals surface area contributed by atoms with E-state index in [2.05, 4.69) is 36.1 Å². The summed E-state index contributed by atoms with van der Waals surface area (Å²) in [5.41, 5.74) is 1.48. The minimum Gasteiger partial charge on any atom is -0.390 e. The number of nitrogens with one attached hydrogen (secondary N) is 3. The van der Waals surface area contributed by atoms with E-state index in [0.29, 0.717) is 12.3 Å². The predicted octanol–water partition coefficient (Wildman–Crippen LogP) is 2.40. The molecule has 0 radical (unpaired) electrons. The minimum absolute atomic E-state index is 0.116. The van der Waals surface area contributed by atoms with Crippen molar-refractivity contribution in [3.8, 4) is 0 Å². The Morgan fingerprint density at radius 2 is 1.80 bits per heavy atom. The maximum Gasteiger partial charge on any atom is 0.434 e. The molecule has 0 bridgehead atoms. The van der Waals surface area contributed by atoms with E-state index in [-0.39, 0.29) is 38.5 Å². The second kappa shape index (κ2) is 14.6. The summed E-state index contributed by atoms with van der Waals surface area (Å²) in [7, 11) is 0. The average Bonchev–Trinajstić information content (AvgIpc) is 3.56. The van der Waals surface area contributed by atoms with Crippen LogP contribution in [0.25, 0.3) is 0 Å². The number of hydrogen-bond donors (Lipinski definition) is 3. The SMILES string of the molecule is CCOCC(N=O)C(C)(C)NCC(Cc1cnc([N+](=O)[O-])[nH]1)ONC(C)(C)C(CCn1ccnc1[N+](=O)[O-])N=O. The fourth-order valence-electron chi connectivity index (χ4n) is 3.80. The topological polar surface area (TPSA) is 234 Å². The van der Waals surface area contributed by atoms with Crippen LogP contribution in [0.3, 0.4) is 0 Å². The molecule has 0 spiro atoms. The molecule has 0 saturated heterocycles. The zero-order valence-corrected chi connectivity index (χ0v) is 23.1. The van der Waals surface area contributed by atoms with E-state index in [1.807, 2.05) is 0 Å². The summed E-state index contributed by atoms with van der Waals surface area (Å²) in [5.74, 6) is -0.766. The molecule has 0 aliphatic rings. The monoisotopic (exact) mass is 568 g/mol. The molecule has 0 aromatic carbocycles. The molecule has 3 N–H and O–H groups in total. The Balaban J connectivity index is 2.13. The maximum atomic E-state index is 11.7. The normalized spacial score (nSPS) is 14.4. The smallest absolute Gasteiger partial charge is 0.390 e. The van der Waals surface area contributed by atoms with Gasteiger partial charge in [0.15, 0.2) is 0 Å². The fraction of sp³-hybridized carbons (Fsp3) is 0.727. The van der Waals surface area contributed by atoms with Crippen LogP contribution in [-0.4, -0.2) is 78.4 Å². The lowest BCUT2D eigenvalue weighted by Gasteiger charge is -2.34. The highest BCUT2D eigenvalue weighted by atomic mass is 16.7. The zero-order valence-electron chi connectivity index (χ0n) is 23.1. The minimum atomic E-state index is -1.02. The molecular weight excluding hydrogens is 532 g/mol. The lowest BCUT2D eigenvalue weighted by Crippen LogP contribution is -2.55. The van der Waals surface area contributed by atoms with Crippen LogP contribution in [0.15, 0.2) is 28.9 Å². The van der Waals surface area contributed by atoms with Crippen molar-refractivity contribution in [3.63, 3.8) is 0 Å². The van der Waals surface area contributed by atoms with E-state index in [1.165, 1.54) is 23.2 Å². The lowest BCUT2D eigenvalue weighted by molar-refractivity contribution is -0.396. The second-order valence-corrected chi connectivity index (χ2v) is 10.2. The second-order valence-electron chi connectivity index (χ2n) is 10.2. The molecular formula is C22H36N10O8. The highest BCUT2D eigenvalue weighted by Crippen LogP contribution is 2.21. The maximum absolute atomic E-state index is 11.7. The number of H-pyrrole nitrogens is 1. The molecule has 2 aromatic heterocycles. The van der Waals surface area contributed by atoms with Crippen LogP contribution in [0.5, 0.6) is 0 Å². The van der Waals surface area contributed by atoms with Gasteiger partial charge in [-0.25, -0.2) is 9.55 Å². The third kappa shape index (κ3) is 9.18. The van der Waals surface area contributed by atoms with Gasteiger partial charge in [0, 0.05) is 31.5 Å². The zero-order chi connectivity index (χ0) is 29.9. The fourth-order valence-corrected chi connectivity index (χ4v) is 3.80. The number of imidazole rings is 2. The lowest BCUT2D eigenvalue weighted by atomic mass is 9.93. The number of aromatic amines is 1. The van der Waals surface area contributed by atoms with E-state index in [9.17, 15) is 30.0 Å². The molecule has 0 amide bonds. The number of aromatic nitrogens is 4. The van der Waals surface area contributed by atoms with E-state index >= 15 is 0 Å². The van der Waals surface area contributed by atoms with Gasteiger partial charge in [0.25, 0.3) is 0 Å². The Kier molecular flexibility index (Phi) is 11.8. The number of aryl methyl sites for hydroxylation is 1. The van der Waals surface area contributed by atoms with Gasteiger partial charge in [0.05, 0.1) is 24.8 Å². The molecule has 3 unspecified atom stereocenters. The molecule has 222 valence electrons. The van der Waals surface area contributed by atoms with Gasteiger partial charge in [0.1, 0.15) is 36.4 Å². The highest BCUT2D eigenvalue weighted by molar-refractivity contribution is 5.12. The summed E-state index contributed by atoms with van der Waals surface area (Å²) < 4.78 is 6.68. The Hall–Kier alpha value is -3.74. The molecule has 2 rings (SSSR count). The summed E-state index contributed by atoms with van der Waals surface area (Å²) in [5, 5.41) is 31.8. The number of nitrogens with zero attached hydrogens (tertiary/aromatic N) is 7. The van der Waals surface area contributed by atoms with Crippen LogP contribution in [0, 0.1) is 30.0 Å².